The number of rotatable bonds is 2. The summed E-state index contributed by atoms with van der Waals surface area (Å²) in [5.41, 5.74) is 5.07. The van der Waals surface area contributed by atoms with Crippen molar-refractivity contribution in [1.82, 2.24) is 4.57 Å². The quantitative estimate of drug-likeness (QED) is 0.626. The Morgan fingerprint density at radius 2 is 1.79 bits per heavy atom. The second-order valence-electron chi connectivity index (χ2n) is 3.00. The first-order valence-corrected chi connectivity index (χ1v) is 4.50. The lowest BCUT2D eigenvalue weighted by atomic mass is 10.1. The molecule has 1 aromatic heterocycles. The largest absolute Gasteiger partial charge is 0.323 e. The molecule has 0 saturated carbocycles. The number of hydrogen-bond donors (Lipinski definition) is 0. The normalized spacial score (nSPS) is 9.43. The summed E-state index contributed by atoms with van der Waals surface area (Å²) in [6.45, 7) is 3.59. The Labute approximate surface area is 83.6 Å². The van der Waals surface area contributed by atoms with E-state index in [1.807, 2.05) is 48.8 Å². The minimum absolute atomic E-state index is 1.12. The molecule has 0 N–H and O–H groups in total. The summed E-state index contributed by atoms with van der Waals surface area (Å²) < 4.78 is 2.07. The van der Waals surface area contributed by atoms with E-state index in [4.69, 9.17) is 0 Å². The van der Waals surface area contributed by atoms with E-state index in [0.717, 1.165) is 11.3 Å². The third-order valence-electron chi connectivity index (χ3n) is 2.08. The maximum Gasteiger partial charge on any atom is 0.0527 e. The van der Waals surface area contributed by atoms with Crippen LogP contribution in [-0.2, 0) is 0 Å². The van der Waals surface area contributed by atoms with Gasteiger partial charge in [0.05, 0.1) is 5.69 Å². The monoisotopic (exact) mass is 181 g/mol. The molecule has 0 fully saturated rings. The first-order valence-electron chi connectivity index (χ1n) is 4.50. The molecule has 0 aliphatic carbocycles. The van der Waals surface area contributed by atoms with Crippen molar-refractivity contribution in [3.8, 4) is 5.69 Å². The predicted octanol–water partition coefficient (Wildman–Crippen LogP) is 3.28. The molecule has 2 aromatic rings. The zero-order valence-electron chi connectivity index (χ0n) is 7.85. The van der Waals surface area contributed by atoms with E-state index in [2.05, 4.69) is 22.9 Å². The van der Waals surface area contributed by atoms with E-state index in [9.17, 15) is 0 Å². The molecule has 1 heterocycles. The smallest absolute Gasteiger partial charge is 0.0527 e. The molecule has 1 aromatic carbocycles. The highest BCUT2D eigenvalue weighted by atomic mass is 14.9. The zero-order valence-corrected chi connectivity index (χ0v) is 7.85. The second-order valence-corrected chi connectivity index (χ2v) is 3.00. The molecule has 0 aliphatic rings. The molecule has 1 nitrogen and oxygen atoms in total. The number of hydrogen-bond acceptors (Lipinski definition) is 0. The minimum atomic E-state index is 1.12. The summed E-state index contributed by atoms with van der Waals surface area (Å²) in [4.78, 5) is 0. The molecular formula is C13H11N. The Balaban J connectivity index is 2.57. The lowest BCUT2D eigenvalue weighted by Crippen LogP contribution is -1.92. The zero-order chi connectivity index (χ0) is 9.80. The molecule has 0 unspecified atom stereocenters. The van der Waals surface area contributed by atoms with Crippen LogP contribution >= 0.6 is 0 Å². The molecule has 68 valence electrons. The Morgan fingerprint density at radius 3 is 2.50 bits per heavy atom. The Morgan fingerprint density at radius 1 is 1.07 bits per heavy atom. The van der Waals surface area contributed by atoms with Crippen LogP contribution in [0.3, 0.4) is 0 Å². The third-order valence-corrected chi connectivity index (χ3v) is 2.08. The van der Waals surface area contributed by atoms with Gasteiger partial charge in [-0.15, -0.1) is 5.73 Å². The number of benzene rings is 1. The van der Waals surface area contributed by atoms with Crippen LogP contribution in [0.25, 0.3) is 11.8 Å². The summed E-state index contributed by atoms with van der Waals surface area (Å²) >= 11 is 0. The van der Waals surface area contributed by atoms with Crippen LogP contribution in [0.1, 0.15) is 5.56 Å². The third kappa shape index (κ3) is 1.54. The van der Waals surface area contributed by atoms with Crippen molar-refractivity contribution in [2.45, 2.75) is 0 Å². The van der Waals surface area contributed by atoms with Crippen LogP contribution in [-0.4, -0.2) is 4.57 Å². The molecule has 0 spiro atoms. The fraction of sp³-hybridized carbons (Fsp3) is 0. The van der Waals surface area contributed by atoms with Crippen molar-refractivity contribution in [3.63, 3.8) is 0 Å². The van der Waals surface area contributed by atoms with Crippen LogP contribution in [0.15, 0.2) is 61.1 Å². The Hall–Kier alpha value is -1.98. The maximum absolute atomic E-state index is 3.59. The molecule has 0 amide bonds. The SMILES string of the molecule is C=C=Cc1ccccc1-n1cccc1. The molecule has 0 atom stereocenters. The van der Waals surface area contributed by atoms with Gasteiger partial charge in [-0.2, -0.15) is 0 Å². The van der Waals surface area contributed by atoms with Gasteiger partial charge in [-0.05, 0) is 24.3 Å². The molecule has 14 heavy (non-hydrogen) atoms. The van der Waals surface area contributed by atoms with E-state index in [1.165, 1.54) is 0 Å². The highest BCUT2D eigenvalue weighted by molar-refractivity contribution is 5.60. The van der Waals surface area contributed by atoms with Crippen molar-refractivity contribution in [2.24, 2.45) is 0 Å². The van der Waals surface area contributed by atoms with Gasteiger partial charge >= 0.3 is 0 Å². The first-order chi connectivity index (χ1) is 6.92. The second kappa shape index (κ2) is 3.82. The molecular weight excluding hydrogens is 170 g/mol. The molecule has 0 bridgehead atoms. The van der Waals surface area contributed by atoms with Gasteiger partial charge < -0.3 is 4.57 Å². The molecule has 0 radical (unpaired) electrons. The van der Waals surface area contributed by atoms with Crippen molar-refractivity contribution in [2.75, 3.05) is 0 Å². The first kappa shape index (κ1) is 8.61. The van der Waals surface area contributed by atoms with E-state index in [0.29, 0.717) is 0 Å². The van der Waals surface area contributed by atoms with Gasteiger partial charge in [0.1, 0.15) is 0 Å². The van der Waals surface area contributed by atoms with Gasteiger partial charge in [-0.25, -0.2) is 0 Å². The van der Waals surface area contributed by atoms with Crippen LogP contribution in [0.2, 0.25) is 0 Å². The topological polar surface area (TPSA) is 4.93 Å². The van der Waals surface area contributed by atoms with Crippen LogP contribution in [0.4, 0.5) is 0 Å². The number of aromatic nitrogens is 1. The summed E-state index contributed by atoms with van der Waals surface area (Å²) in [5, 5.41) is 0. The molecule has 0 saturated heterocycles. The maximum atomic E-state index is 3.59. The fourth-order valence-corrected chi connectivity index (χ4v) is 1.45. The van der Waals surface area contributed by atoms with Crippen molar-refractivity contribution < 1.29 is 0 Å². The summed E-state index contributed by atoms with van der Waals surface area (Å²) in [7, 11) is 0. The van der Waals surface area contributed by atoms with Gasteiger partial charge in [0, 0.05) is 18.0 Å². The van der Waals surface area contributed by atoms with Crippen molar-refractivity contribution in [1.29, 1.82) is 0 Å². The minimum Gasteiger partial charge on any atom is -0.323 e. The lowest BCUT2D eigenvalue weighted by Gasteiger charge is -2.05. The Bertz CT molecular complexity index is 460. The standard InChI is InChI=1S/C13H11N/c1-2-7-12-8-3-4-9-13(12)14-10-5-6-11-14/h3-11H,1H2. The number of nitrogens with zero attached hydrogens (tertiary/aromatic N) is 1. The molecule has 1 heteroatoms. The van der Waals surface area contributed by atoms with Crippen molar-refractivity contribution >= 4 is 6.08 Å². The van der Waals surface area contributed by atoms with Gasteiger partial charge in [0.2, 0.25) is 0 Å². The molecule has 2 rings (SSSR count). The van der Waals surface area contributed by atoms with Crippen molar-refractivity contribution in [3.05, 3.63) is 66.7 Å². The summed E-state index contributed by atoms with van der Waals surface area (Å²) in [5.74, 6) is 0. The van der Waals surface area contributed by atoms with E-state index in [-0.39, 0.29) is 0 Å². The van der Waals surface area contributed by atoms with Gasteiger partial charge in [0.25, 0.3) is 0 Å². The highest BCUT2D eigenvalue weighted by Crippen LogP contribution is 2.15. The average molecular weight is 181 g/mol. The molecule has 0 aliphatic heterocycles. The Kier molecular flexibility index (Phi) is 2.35. The summed E-state index contributed by atoms with van der Waals surface area (Å²) in [6, 6.07) is 12.2. The van der Waals surface area contributed by atoms with Gasteiger partial charge in [-0.3, -0.25) is 0 Å². The number of para-hydroxylation sites is 1. The lowest BCUT2D eigenvalue weighted by molar-refractivity contribution is 1.08. The summed E-state index contributed by atoms with van der Waals surface area (Å²) in [6.07, 6.45) is 5.93. The van der Waals surface area contributed by atoms with Crippen LogP contribution in [0.5, 0.6) is 0 Å². The fourth-order valence-electron chi connectivity index (χ4n) is 1.45. The van der Waals surface area contributed by atoms with E-state index < -0.39 is 0 Å². The van der Waals surface area contributed by atoms with Gasteiger partial charge in [-0.1, -0.05) is 24.8 Å². The average Bonchev–Trinajstić information content (AvgIpc) is 2.72. The van der Waals surface area contributed by atoms with Gasteiger partial charge in [0.15, 0.2) is 0 Å². The van der Waals surface area contributed by atoms with Crippen LogP contribution < -0.4 is 0 Å². The van der Waals surface area contributed by atoms with Crippen LogP contribution in [0, 0.1) is 0 Å². The highest BCUT2D eigenvalue weighted by Gasteiger charge is 1.98. The van der Waals surface area contributed by atoms with E-state index >= 15 is 0 Å². The van der Waals surface area contributed by atoms with E-state index in [1.54, 1.807) is 0 Å². The predicted molar refractivity (Wildman–Crippen MR) is 59.4 cm³/mol.